The molecule has 0 spiro atoms. The summed E-state index contributed by atoms with van der Waals surface area (Å²) in [6.07, 6.45) is 0.919. The fourth-order valence-electron chi connectivity index (χ4n) is 1.68. The summed E-state index contributed by atoms with van der Waals surface area (Å²) < 4.78 is 0. The van der Waals surface area contributed by atoms with Gasteiger partial charge in [0.1, 0.15) is 5.69 Å². The largest absolute Gasteiger partial charge is 0.197 e. The molecule has 1 aromatic heterocycles. The van der Waals surface area contributed by atoms with Crippen LogP contribution in [0.3, 0.4) is 0 Å². The van der Waals surface area contributed by atoms with Gasteiger partial charge in [-0.25, -0.2) is 0 Å². The minimum atomic E-state index is 0.919. The Balaban J connectivity index is 2.34. The fraction of sp³-hybridized carbons (Fsp3) is 0.111. The minimum Gasteiger partial charge on any atom is -0.197 e. The minimum absolute atomic E-state index is 0.919. The monoisotopic (exact) mass is 157 g/mol. The molecule has 1 aromatic carbocycles. The quantitative estimate of drug-likeness (QED) is 0.535. The molecule has 12 heavy (non-hydrogen) atoms. The van der Waals surface area contributed by atoms with Crippen LogP contribution in [0.2, 0.25) is 0 Å². The normalized spacial score (nSPS) is 12.7. The van der Waals surface area contributed by atoms with E-state index in [0.717, 1.165) is 17.8 Å². The van der Waals surface area contributed by atoms with Gasteiger partial charge in [-0.3, -0.25) is 0 Å². The Hall–Kier alpha value is -1.64. The van der Waals surface area contributed by atoms with Crippen molar-refractivity contribution in [3.63, 3.8) is 0 Å². The van der Waals surface area contributed by atoms with Gasteiger partial charge in [0.05, 0.1) is 5.69 Å². The summed E-state index contributed by atoms with van der Waals surface area (Å²) in [5.41, 5.74) is 4.64. The number of hydrogen-bond donors (Lipinski definition) is 1. The van der Waals surface area contributed by atoms with Crippen molar-refractivity contribution in [3.8, 4) is 11.3 Å². The van der Waals surface area contributed by atoms with Crippen LogP contribution in [-0.2, 0) is 6.42 Å². The summed E-state index contributed by atoms with van der Waals surface area (Å²) in [6, 6.07) is 8.29. The topological polar surface area (TPSA) is 41.6 Å². The third-order valence-corrected chi connectivity index (χ3v) is 2.25. The van der Waals surface area contributed by atoms with E-state index in [1.807, 2.05) is 6.07 Å². The molecule has 0 fully saturated rings. The third-order valence-electron chi connectivity index (χ3n) is 2.25. The van der Waals surface area contributed by atoms with Gasteiger partial charge >= 0.3 is 0 Å². The summed E-state index contributed by atoms with van der Waals surface area (Å²) in [5.74, 6) is 0. The van der Waals surface area contributed by atoms with Crippen molar-refractivity contribution in [1.82, 2.24) is 15.4 Å². The van der Waals surface area contributed by atoms with E-state index in [4.69, 9.17) is 0 Å². The predicted octanol–water partition coefficient (Wildman–Crippen LogP) is 1.38. The van der Waals surface area contributed by atoms with Crippen LogP contribution >= 0.6 is 0 Å². The van der Waals surface area contributed by atoms with Crippen LogP contribution in [0.4, 0.5) is 0 Å². The van der Waals surface area contributed by atoms with Gasteiger partial charge in [0.25, 0.3) is 0 Å². The Morgan fingerprint density at radius 3 is 3.08 bits per heavy atom. The number of nitrogens with one attached hydrogen (secondary N) is 1. The summed E-state index contributed by atoms with van der Waals surface area (Å²) in [4.78, 5) is 0. The number of H-pyrrole nitrogens is 1. The highest BCUT2D eigenvalue weighted by atomic mass is 15.3. The van der Waals surface area contributed by atoms with E-state index in [9.17, 15) is 0 Å². The van der Waals surface area contributed by atoms with E-state index in [2.05, 4.69) is 33.6 Å². The molecular weight excluding hydrogens is 150 g/mol. The highest BCUT2D eigenvalue weighted by Crippen LogP contribution is 2.32. The molecule has 0 aliphatic heterocycles. The Labute approximate surface area is 69.4 Å². The molecule has 0 radical (unpaired) electrons. The molecule has 1 aliphatic carbocycles. The van der Waals surface area contributed by atoms with Crippen LogP contribution in [0, 0.1) is 0 Å². The molecule has 0 bridgehead atoms. The summed E-state index contributed by atoms with van der Waals surface area (Å²) in [5, 5.41) is 10.8. The third kappa shape index (κ3) is 0.605. The van der Waals surface area contributed by atoms with Gasteiger partial charge in [0.2, 0.25) is 0 Å². The van der Waals surface area contributed by atoms with Crippen LogP contribution in [-0.4, -0.2) is 15.4 Å². The molecular formula is C9H7N3. The number of aromatic nitrogens is 3. The van der Waals surface area contributed by atoms with Crippen LogP contribution in [0.1, 0.15) is 11.3 Å². The lowest BCUT2D eigenvalue weighted by atomic mass is 10.1. The van der Waals surface area contributed by atoms with E-state index in [1.54, 1.807) is 0 Å². The van der Waals surface area contributed by atoms with E-state index in [1.165, 1.54) is 11.1 Å². The average Bonchev–Trinajstić information content (AvgIpc) is 2.62. The first kappa shape index (κ1) is 5.94. The van der Waals surface area contributed by atoms with Gasteiger partial charge < -0.3 is 0 Å². The van der Waals surface area contributed by atoms with Crippen molar-refractivity contribution < 1.29 is 0 Å². The lowest BCUT2D eigenvalue weighted by Crippen LogP contribution is -1.82. The second kappa shape index (κ2) is 1.94. The maximum atomic E-state index is 4.10. The maximum Gasteiger partial charge on any atom is 0.116 e. The Morgan fingerprint density at radius 2 is 2.08 bits per heavy atom. The predicted molar refractivity (Wildman–Crippen MR) is 44.6 cm³/mol. The second-order valence-corrected chi connectivity index (χ2v) is 2.95. The van der Waals surface area contributed by atoms with Gasteiger partial charge in [-0.15, -0.1) is 0 Å². The maximum absolute atomic E-state index is 4.10. The summed E-state index contributed by atoms with van der Waals surface area (Å²) in [7, 11) is 0. The molecule has 0 unspecified atom stereocenters. The second-order valence-electron chi connectivity index (χ2n) is 2.95. The molecule has 0 amide bonds. The Bertz CT molecular complexity index is 431. The zero-order valence-electron chi connectivity index (χ0n) is 6.41. The first-order valence-electron chi connectivity index (χ1n) is 3.93. The molecule has 3 rings (SSSR count). The van der Waals surface area contributed by atoms with E-state index >= 15 is 0 Å². The zero-order chi connectivity index (χ0) is 7.97. The Morgan fingerprint density at radius 1 is 1.17 bits per heavy atom. The molecule has 0 atom stereocenters. The molecule has 1 heterocycles. The van der Waals surface area contributed by atoms with Crippen molar-refractivity contribution in [1.29, 1.82) is 0 Å². The zero-order valence-corrected chi connectivity index (χ0v) is 6.41. The first-order chi connectivity index (χ1) is 5.95. The number of hydrogen-bond acceptors (Lipinski definition) is 2. The molecule has 1 aliphatic rings. The number of rotatable bonds is 0. The van der Waals surface area contributed by atoms with E-state index in [0.29, 0.717) is 0 Å². The van der Waals surface area contributed by atoms with E-state index < -0.39 is 0 Å². The molecule has 0 saturated heterocycles. The summed E-state index contributed by atoms with van der Waals surface area (Å²) in [6.45, 7) is 0. The number of aromatic amines is 1. The van der Waals surface area contributed by atoms with Gasteiger partial charge in [-0.1, -0.05) is 24.3 Å². The van der Waals surface area contributed by atoms with Crippen molar-refractivity contribution in [3.05, 3.63) is 35.5 Å². The Kier molecular flexibility index (Phi) is 0.961. The van der Waals surface area contributed by atoms with Crippen LogP contribution in [0.5, 0.6) is 0 Å². The molecule has 2 aromatic rings. The first-order valence-corrected chi connectivity index (χ1v) is 3.93. The highest BCUT2D eigenvalue weighted by molar-refractivity contribution is 5.71. The van der Waals surface area contributed by atoms with Crippen molar-refractivity contribution in [2.45, 2.75) is 6.42 Å². The van der Waals surface area contributed by atoms with Crippen molar-refractivity contribution >= 4 is 0 Å². The number of nitrogens with zero attached hydrogens (tertiary/aromatic N) is 2. The highest BCUT2D eigenvalue weighted by Gasteiger charge is 2.20. The van der Waals surface area contributed by atoms with Gasteiger partial charge in [0.15, 0.2) is 0 Å². The number of benzene rings is 1. The van der Waals surface area contributed by atoms with Crippen LogP contribution < -0.4 is 0 Å². The standard InChI is InChI=1S/C9H7N3/c1-2-4-7-6(3-1)5-8-9(7)11-12-10-8/h1-4H,5H2,(H,10,11,12). The number of fused-ring (bicyclic) bond motifs is 3. The fourth-order valence-corrected chi connectivity index (χ4v) is 1.68. The van der Waals surface area contributed by atoms with Crippen LogP contribution in [0.15, 0.2) is 24.3 Å². The van der Waals surface area contributed by atoms with Crippen molar-refractivity contribution in [2.24, 2.45) is 0 Å². The molecule has 3 nitrogen and oxygen atoms in total. The smallest absolute Gasteiger partial charge is 0.116 e. The molecule has 1 N–H and O–H groups in total. The average molecular weight is 157 g/mol. The van der Waals surface area contributed by atoms with Gasteiger partial charge in [-0.05, 0) is 5.56 Å². The van der Waals surface area contributed by atoms with E-state index in [-0.39, 0.29) is 0 Å². The lowest BCUT2D eigenvalue weighted by molar-refractivity contribution is 0.912. The van der Waals surface area contributed by atoms with Gasteiger partial charge in [0, 0.05) is 12.0 Å². The lowest BCUT2D eigenvalue weighted by Gasteiger charge is -1.94. The molecule has 0 saturated carbocycles. The molecule has 3 heteroatoms. The summed E-state index contributed by atoms with van der Waals surface area (Å²) >= 11 is 0. The van der Waals surface area contributed by atoms with Gasteiger partial charge in [-0.2, -0.15) is 15.4 Å². The SMILES string of the molecule is c1ccc2c(c1)Cc1n[nH]nc1-2. The molecule has 58 valence electrons. The van der Waals surface area contributed by atoms with Crippen LogP contribution in [0.25, 0.3) is 11.3 Å². The van der Waals surface area contributed by atoms with Crippen molar-refractivity contribution in [2.75, 3.05) is 0 Å².